The number of hydrogen-bond donors (Lipinski definition) is 2. The smallest absolute Gasteiger partial charge is 0.364 e. The van der Waals surface area contributed by atoms with Gasteiger partial charge in [0.2, 0.25) is 5.91 Å². The van der Waals surface area contributed by atoms with Crippen LogP contribution in [0.2, 0.25) is 0 Å². The summed E-state index contributed by atoms with van der Waals surface area (Å²) >= 11 is 0. The van der Waals surface area contributed by atoms with E-state index in [0.717, 1.165) is 11.1 Å². The van der Waals surface area contributed by atoms with Crippen molar-refractivity contribution < 1.29 is 22.7 Å². The van der Waals surface area contributed by atoms with E-state index in [1.54, 1.807) is 24.4 Å². The summed E-state index contributed by atoms with van der Waals surface area (Å²) in [4.78, 5) is 20.2. The largest absolute Gasteiger partial charge is 0.411 e. The zero-order chi connectivity index (χ0) is 22.7. The molecule has 2 unspecified atom stereocenters. The zero-order valence-electron chi connectivity index (χ0n) is 17.8. The molecule has 170 valence electrons. The second-order valence-corrected chi connectivity index (χ2v) is 8.38. The van der Waals surface area contributed by atoms with Crippen molar-refractivity contribution in [3.05, 3.63) is 76.9 Å². The number of nitrogens with zero attached hydrogens (tertiary/aromatic N) is 1. The van der Waals surface area contributed by atoms with Crippen molar-refractivity contribution in [1.29, 1.82) is 0 Å². The van der Waals surface area contributed by atoms with Gasteiger partial charge < -0.3 is 15.0 Å². The number of carbonyl (C=O) groups is 1. The third-order valence-electron chi connectivity index (χ3n) is 5.62. The van der Waals surface area contributed by atoms with Crippen LogP contribution in [0.25, 0.3) is 0 Å². The molecule has 2 aliphatic carbocycles. The van der Waals surface area contributed by atoms with Gasteiger partial charge in [0.15, 0.2) is 0 Å². The summed E-state index contributed by atoms with van der Waals surface area (Å²) in [7, 11) is 0. The number of alkyl halides is 3. The van der Waals surface area contributed by atoms with Gasteiger partial charge in [-0.3, -0.25) is 4.79 Å². The Balaban J connectivity index is 1.41. The van der Waals surface area contributed by atoms with Crippen LogP contribution in [0.3, 0.4) is 0 Å². The standard InChI is InChI=1S/C24H26F3N3O2/c1-15-28-13-21(29-15)23(19-8-10-20(11-9-19)32-14-24(25,26)27)30-22(31)12-16-2-4-17(5-3-16)18-6-7-18/h2-5,8-10,13,18,20,23H,6-7,11-12,14H2,1H3,(H,28,29)(H,30,31). The summed E-state index contributed by atoms with van der Waals surface area (Å²) < 4.78 is 42.1. The number of aromatic nitrogens is 2. The number of imidazole rings is 1. The predicted molar refractivity (Wildman–Crippen MR) is 114 cm³/mol. The molecule has 2 N–H and O–H groups in total. The monoisotopic (exact) mass is 445 g/mol. The van der Waals surface area contributed by atoms with E-state index in [-0.39, 0.29) is 12.3 Å². The number of rotatable bonds is 8. The van der Waals surface area contributed by atoms with E-state index in [9.17, 15) is 18.0 Å². The fourth-order valence-corrected chi connectivity index (χ4v) is 3.81. The van der Waals surface area contributed by atoms with Crippen molar-refractivity contribution in [2.75, 3.05) is 6.61 Å². The molecule has 0 aliphatic heterocycles. The van der Waals surface area contributed by atoms with E-state index >= 15 is 0 Å². The molecular weight excluding hydrogens is 419 g/mol. The lowest BCUT2D eigenvalue weighted by molar-refractivity contribution is -0.180. The number of amides is 1. The van der Waals surface area contributed by atoms with Gasteiger partial charge in [0, 0.05) is 0 Å². The molecule has 1 aromatic heterocycles. The van der Waals surface area contributed by atoms with E-state index in [1.165, 1.54) is 18.4 Å². The summed E-state index contributed by atoms with van der Waals surface area (Å²) in [5, 5.41) is 3.04. The molecule has 32 heavy (non-hydrogen) atoms. The van der Waals surface area contributed by atoms with Crippen LogP contribution in [0.15, 0.2) is 54.3 Å². The Hall–Kier alpha value is -2.87. The first-order valence-corrected chi connectivity index (χ1v) is 10.7. The summed E-state index contributed by atoms with van der Waals surface area (Å²) in [6.07, 6.45) is 4.75. The molecule has 0 spiro atoms. The summed E-state index contributed by atoms with van der Waals surface area (Å²) in [5.74, 6) is 1.23. The van der Waals surface area contributed by atoms with Gasteiger partial charge in [0.25, 0.3) is 0 Å². The minimum absolute atomic E-state index is 0.147. The summed E-state index contributed by atoms with van der Waals surface area (Å²) in [6.45, 7) is 0.528. The first-order chi connectivity index (χ1) is 15.3. The van der Waals surface area contributed by atoms with E-state index in [1.807, 2.05) is 19.1 Å². The van der Waals surface area contributed by atoms with Crippen LogP contribution in [0.5, 0.6) is 0 Å². The Morgan fingerprint density at radius 3 is 2.59 bits per heavy atom. The van der Waals surface area contributed by atoms with Gasteiger partial charge in [0.1, 0.15) is 12.4 Å². The molecule has 1 heterocycles. The van der Waals surface area contributed by atoms with Crippen molar-refractivity contribution in [1.82, 2.24) is 15.3 Å². The van der Waals surface area contributed by atoms with Gasteiger partial charge in [-0.25, -0.2) is 4.98 Å². The van der Waals surface area contributed by atoms with Crippen LogP contribution < -0.4 is 5.32 Å². The molecule has 0 bridgehead atoms. The summed E-state index contributed by atoms with van der Waals surface area (Å²) in [6, 6.07) is 7.68. The lowest BCUT2D eigenvalue weighted by atomic mass is 9.96. The molecule has 2 atom stereocenters. The lowest BCUT2D eigenvalue weighted by Crippen LogP contribution is -2.32. The lowest BCUT2D eigenvalue weighted by Gasteiger charge is -2.24. The average Bonchev–Trinajstić information content (AvgIpc) is 3.52. The Kier molecular flexibility index (Phi) is 6.50. The molecule has 1 fully saturated rings. The second-order valence-electron chi connectivity index (χ2n) is 8.38. The number of hydrogen-bond acceptors (Lipinski definition) is 3. The van der Waals surface area contributed by atoms with Crippen molar-refractivity contribution in [3.63, 3.8) is 0 Å². The molecule has 2 aromatic rings. The minimum Gasteiger partial charge on any atom is -0.364 e. The predicted octanol–water partition coefficient (Wildman–Crippen LogP) is 4.83. The molecular formula is C24H26F3N3O2. The maximum Gasteiger partial charge on any atom is 0.411 e. The van der Waals surface area contributed by atoms with Crippen LogP contribution >= 0.6 is 0 Å². The number of nitrogens with one attached hydrogen (secondary N) is 2. The molecule has 2 aliphatic rings. The van der Waals surface area contributed by atoms with Crippen LogP contribution in [-0.4, -0.2) is 34.8 Å². The van der Waals surface area contributed by atoms with Gasteiger partial charge >= 0.3 is 6.18 Å². The number of ether oxygens (including phenoxy) is 1. The van der Waals surface area contributed by atoms with Crippen molar-refractivity contribution in [3.8, 4) is 0 Å². The van der Waals surface area contributed by atoms with Crippen LogP contribution in [-0.2, 0) is 16.0 Å². The molecule has 0 radical (unpaired) electrons. The normalized spacial score (nSPS) is 19.5. The van der Waals surface area contributed by atoms with Crippen molar-refractivity contribution in [2.45, 2.75) is 56.8 Å². The Bertz CT molecular complexity index is 1000. The number of aryl methyl sites for hydroxylation is 1. The number of benzene rings is 1. The zero-order valence-corrected chi connectivity index (χ0v) is 17.8. The molecule has 1 saturated carbocycles. The highest BCUT2D eigenvalue weighted by Crippen LogP contribution is 2.39. The Labute approximate surface area is 184 Å². The van der Waals surface area contributed by atoms with E-state index < -0.39 is 24.9 Å². The van der Waals surface area contributed by atoms with E-state index in [0.29, 0.717) is 23.9 Å². The van der Waals surface area contributed by atoms with Crippen LogP contribution in [0.4, 0.5) is 13.2 Å². The quantitative estimate of drug-likeness (QED) is 0.612. The Morgan fingerprint density at radius 1 is 1.28 bits per heavy atom. The molecule has 1 aromatic carbocycles. The number of H-pyrrole nitrogens is 1. The highest BCUT2D eigenvalue weighted by Gasteiger charge is 2.30. The SMILES string of the molecule is Cc1ncc(C(NC(=O)Cc2ccc(C3CC3)cc2)C2=CCC(OCC(F)(F)F)C=C2)[nH]1. The molecule has 0 saturated heterocycles. The molecule has 4 rings (SSSR count). The van der Waals surface area contributed by atoms with Crippen molar-refractivity contribution >= 4 is 5.91 Å². The highest BCUT2D eigenvalue weighted by atomic mass is 19.4. The molecule has 1 amide bonds. The van der Waals surface area contributed by atoms with Gasteiger partial charge in [-0.05, 0) is 48.8 Å². The number of halogens is 3. The molecule has 8 heteroatoms. The fraction of sp³-hybridized carbons (Fsp3) is 0.417. The maximum absolute atomic E-state index is 12.8. The second kappa shape index (κ2) is 9.32. The first-order valence-electron chi connectivity index (χ1n) is 10.7. The maximum atomic E-state index is 12.8. The van der Waals surface area contributed by atoms with E-state index in [4.69, 9.17) is 4.74 Å². The fourth-order valence-electron chi connectivity index (χ4n) is 3.81. The molecule has 5 nitrogen and oxygen atoms in total. The van der Waals surface area contributed by atoms with Gasteiger partial charge in [-0.2, -0.15) is 13.2 Å². The van der Waals surface area contributed by atoms with Gasteiger partial charge in [-0.1, -0.05) is 42.5 Å². The van der Waals surface area contributed by atoms with Crippen molar-refractivity contribution in [2.24, 2.45) is 0 Å². The third kappa shape index (κ3) is 6.09. The average molecular weight is 445 g/mol. The van der Waals surface area contributed by atoms with Crippen LogP contribution in [0, 0.1) is 6.92 Å². The number of carbonyl (C=O) groups excluding carboxylic acids is 1. The van der Waals surface area contributed by atoms with Crippen LogP contribution in [0.1, 0.15) is 53.9 Å². The van der Waals surface area contributed by atoms with E-state index in [2.05, 4.69) is 27.4 Å². The van der Waals surface area contributed by atoms with Gasteiger partial charge in [-0.15, -0.1) is 0 Å². The third-order valence-corrected chi connectivity index (χ3v) is 5.62. The first kappa shape index (κ1) is 22.3. The minimum atomic E-state index is -4.36. The Morgan fingerprint density at radius 2 is 2.03 bits per heavy atom. The summed E-state index contributed by atoms with van der Waals surface area (Å²) in [5.41, 5.74) is 3.74. The highest BCUT2D eigenvalue weighted by molar-refractivity contribution is 5.79. The van der Waals surface area contributed by atoms with Gasteiger partial charge in [0.05, 0.1) is 30.5 Å². The number of aromatic amines is 1. The topological polar surface area (TPSA) is 67.0 Å².